The van der Waals surface area contributed by atoms with Crippen molar-refractivity contribution in [2.75, 3.05) is 31.9 Å². The highest BCUT2D eigenvalue weighted by atomic mass is 32.1. The number of carbonyl (C=O) groups is 2. The summed E-state index contributed by atoms with van der Waals surface area (Å²) in [6, 6.07) is 3.95. The first kappa shape index (κ1) is 17.9. The summed E-state index contributed by atoms with van der Waals surface area (Å²) in [6.45, 7) is 2.64. The van der Waals surface area contributed by atoms with Gasteiger partial charge in [0.2, 0.25) is 11.8 Å². The lowest BCUT2D eigenvalue weighted by Crippen LogP contribution is -2.38. The molecule has 2 aromatic heterocycles. The van der Waals surface area contributed by atoms with E-state index in [-0.39, 0.29) is 11.8 Å². The minimum atomic E-state index is 0.124. The van der Waals surface area contributed by atoms with E-state index in [1.807, 2.05) is 32.7 Å². The van der Waals surface area contributed by atoms with Crippen molar-refractivity contribution in [3.63, 3.8) is 0 Å². The van der Waals surface area contributed by atoms with Gasteiger partial charge in [-0.3, -0.25) is 9.59 Å². The lowest BCUT2D eigenvalue weighted by molar-refractivity contribution is -0.133. The lowest BCUT2D eigenvalue weighted by Gasteiger charge is -2.22. The molecule has 1 aliphatic rings. The number of hydrogen-bond donors (Lipinski definition) is 1. The summed E-state index contributed by atoms with van der Waals surface area (Å²) >= 11 is 3.00. The Bertz CT molecular complexity index is 714. The third-order valence-corrected chi connectivity index (χ3v) is 5.87. The van der Waals surface area contributed by atoms with Crippen LogP contribution in [0.4, 0.5) is 5.13 Å². The molecule has 0 atom stereocenters. The fourth-order valence-corrected chi connectivity index (χ4v) is 4.21. The summed E-state index contributed by atoms with van der Waals surface area (Å²) in [5, 5.41) is 4.43. The molecule has 8 heteroatoms. The highest BCUT2D eigenvalue weighted by molar-refractivity contribution is 7.13. The SMILES string of the molecule is Nc1nc(CCC(=O)N2CCCN(C(=O)Cc3cccs3)CC2)cs1. The van der Waals surface area contributed by atoms with Crippen LogP contribution >= 0.6 is 22.7 Å². The van der Waals surface area contributed by atoms with Gasteiger partial charge in [0.25, 0.3) is 0 Å². The maximum absolute atomic E-state index is 12.4. The Morgan fingerprint density at radius 1 is 1.12 bits per heavy atom. The van der Waals surface area contributed by atoms with E-state index in [2.05, 4.69) is 4.98 Å². The van der Waals surface area contributed by atoms with Crippen molar-refractivity contribution < 1.29 is 9.59 Å². The molecule has 0 unspecified atom stereocenters. The van der Waals surface area contributed by atoms with Crippen molar-refractivity contribution in [2.24, 2.45) is 0 Å². The molecule has 0 aliphatic carbocycles. The zero-order valence-electron chi connectivity index (χ0n) is 14.0. The summed E-state index contributed by atoms with van der Waals surface area (Å²) < 4.78 is 0. The average Bonchev–Trinajstić information content (AvgIpc) is 3.18. The van der Waals surface area contributed by atoms with Gasteiger partial charge in [-0.1, -0.05) is 6.07 Å². The van der Waals surface area contributed by atoms with Crippen LogP contribution in [0.15, 0.2) is 22.9 Å². The maximum atomic E-state index is 12.4. The number of nitrogens with zero attached hydrogens (tertiary/aromatic N) is 3. The molecule has 0 bridgehead atoms. The van der Waals surface area contributed by atoms with E-state index in [4.69, 9.17) is 5.73 Å². The Labute approximate surface area is 155 Å². The minimum absolute atomic E-state index is 0.124. The molecule has 0 spiro atoms. The van der Waals surface area contributed by atoms with Gasteiger partial charge >= 0.3 is 0 Å². The quantitative estimate of drug-likeness (QED) is 0.863. The molecule has 1 fully saturated rings. The molecule has 1 saturated heterocycles. The van der Waals surface area contributed by atoms with E-state index in [0.29, 0.717) is 44.0 Å². The van der Waals surface area contributed by atoms with E-state index in [1.165, 1.54) is 11.3 Å². The van der Waals surface area contributed by atoms with E-state index in [1.54, 1.807) is 11.3 Å². The number of nitrogens with two attached hydrogens (primary N) is 1. The topological polar surface area (TPSA) is 79.5 Å². The molecule has 0 aromatic carbocycles. The third kappa shape index (κ3) is 5.02. The lowest BCUT2D eigenvalue weighted by atomic mass is 10.2. The molecule has 1 aliphatic heterocycles. The Morgan fingerprint density at radius 3 is 2.52 bits per heavy atom. The Kier molecular flexibility index (Phi) is 6.04. The van der Waals surface area contributed by atoms with Crippen molar-refractivity contribution in [3.05, 3.63) is 33.5 Å². The van der Waals surface area contributed by atoms with Gasteiger partial charge in [-0.15, -0.1) is 22.7 Å². The van der Waals surface area contributed by atoms with Gasteiger partial charge in [-0.25, -0.2) is 4.98 Å². The first-order chi connectivity index (χ1) is 12.1. The molecular weight excluding hydrogens is 356 g/mol. The Balaban J connectivity index is 1.47. The highest BCUT2D eigenvalue weighted by Crippen LogP contribution is 2.15. The smallest absolute Gasteiger partial charge is 0.227 e. The van der Waals surface area contributed by atoms with E-state index < -0.39 is 0 Å². The molecular formula is C17H22N4O2S2. The summed E-state index contributed by atoms with van der Waals surface area (Å²) in [6.07, 6.45) is 2.33. The number of thiophene rings is 1. The van der Waals surface area contributed by atoms with E-state index in [0.717, 1.165) is 23.5 Å². The zero-order chi connectivity index (χ0) is 17.6. The number of hydrogen-bond acceptors (Lipinski definition) is 6. The van der Waals surface area contributed by atoms with Gasteiger partial charge in [-0.2, -0.15) is 0 Å². The molecule has 134 valence electrons. The van der Waals surface area contributed by atoms with E-state index in [9.17, 15) is 9.59 Å². The van der Waals surface area contributed by atoms with Crippen molar-refractivity contribution in [3.8, 4) is 0 Å². The van der Waals surface area contributed by atoms with Crippen molar-refractivity contribution in [1.29, 1.82) is 0 Å². The van der Waals surface area contributed by atoms with Crippen molar-refractivity contribution in [2.45, 2.75) is 25.7 Å². The standard InChI is InChI=1S/C17H22N4O2S2/c18-17-19-13(12-25-17)4-5-15(22)20-6-2-7-21(9-8-20)16(23)11-14-3-1-10-24-14/h1,3,10,12H,2,4-9,11H2,(H2,18,19). The number of nitrogen functional groups attached to an aromatic ring is 1. The van der Waals surface area contributed by atoms with Gasteiger partial charge in [0, 0.05) is 42.9 Å². The third-order valence-electron chi connectivity index (χ3n) is 4.27. The molecule has 0 saturated carbocycles. The summed E-state index contributed by atoms with van der Waals surface area (Å²) in [4.78, 5) is 33.9. The summed E-state index contributed by atoms with van der Waals surface area (Å²) in [5.41, 5.74) is 6.49. The molecule has 6 nitrogen and oxygen atoms in total. The number of amides is 2. The molecule has 25 heavy (non-hydrogen) atoms. The number of carbonyl (C=O) groups excluding carboxylic acids is 2. The van der Waals surface area contributed by atoms with Crippen LogP contribution in [-0.4, -0.2) is 52.8 Å². The van der Waals surface area contributed by atoms with Gasteiger partial charge in [0.15, 0.2) is 5.13 Å². The number of rotatable bonds is 5. The second kappa shape index (κ2) is 8.44. The number of anilines is 1. The zero-order valence-corrected chi connectivity index (χ0v) is 15.7. The molecule has 3 heterocycles. The van der Waals surface area contributed by atoms with Gasteiger partial charge in [0.05, 0.1) is 12.1 Å². The van der Waals surface area contributed by atoms with Gasteiger partial charge < -0.3 is 15.5 Å². The normalized spacial score (nSPS) is 15.2. The Morgan fingerprint density at radius 2 is 1.88 bits per heavy atom. The largest absolute Gasteiger partial charge is 0.375 e. The predicted molar refractivity (Wildman–Crippen MR) is 101 cm³/mol. The summed E-state index contributed by atoms with van der Waals surface area (Å²) in [7, 11) is 0. The number of aromatic nitrogens is 1. The average molecular weight is 379 g/mol. The van der Waals surface area contributed by atoms with Crippen LogP contribution in [0.2, 0.25) is 0 Å². The predicted octanol–water partition coefficient (Wildman–Crippen LogP) is 2.02. The summed E-state index contributed by atoms with van der Waals surface area (Å²) in [5.74, 6) is 0.272. The second-order valence-corrected chi connectivity index (χ2v) is 7.97. The van der Waals surface area contributed by atoms with Crippen LogP contribution in [0.1, 0.15) is 23.4 Å². The minimum Gasteiger partial charge on any atom is -0.375 e. The maximum Gasteiger partial charge on any atom is 0.227 e. The van der Waals surface area contributed by atoms with Crippen LogP contribution < -0.4 is 5.73 Å². The Hall–Kier alpha value is -1.93. The van der Waals surface area contributed by atoms with Crippen LogP contribution in [0, 0.1) is 0 Å². The first-order valence-electron chi connectivity index (χ1n) is 8.39. The van der Waals surface area contributed by atoms with Crippen LogP contribution in [0.3, 0.4) is 0 Å². The van der Waals surface area contributed by atoms with Crippen LogP contribution in [-0.2, 0) is 22.4 Å². The monoisotopic (exact) mass is 378 g/mol. The molecule has 3 rings (SSSR count). The van der Waals surface area contributed by atoms with Crippen LogP contribution in [0.5, 0.6) is 0 Å². The van der Waals surface area contributed by atoms with E-state index >= 15 is 0 Å². The fraction of sp³-hybridized carbons (Fsp3) is 0.471. The van der Waals surface area contributed by atoms with Crippen molar-refractivity contribution in [1.82, 2.24) is 14.8 Å². The first-order valence-corrected chi connectivity index (χ1v) is 10.2. The fourth-order valence-electron chi connectivity index (χ4n) is 2.92. The highest BCUT2D eigenvalue weighted by Gasteiger charge is 2.22. The number of thiazole rings is 1. The molecule has 2 N–H and O–H groups in total. The molecule has 2 amide bonds. The van der Waals surface area contributed by atoms with Gasteiger partial charge in [0.1, 0.15) is 0 Å². The molecule has 0 radical (unpaired) electrons. The molecule has 2 aromatic rings. The van der Waals surface area contributed by atoms with Crippen molar-refractivity contribution >= 4 is 39.6 Å². The second-order valence-electron chi connectivity index (χ2n) is 6.05. The van der Waals surface area contributed by atoms with Crippen LogP contribution in [0.25, 0.3) is 0 Å². The van der Waals surface area contributed by atoms with Gasteiger partial charge in [-0.05, 0) is 24.3 Å². The number of aryl methyl sites for hydroxylation is 1.